The smallest absolute Gasteiger partial charge is 0.184 e. The third kappa shape index (κ3) is 2.30. The average molecular weight is 274 g/mol. The van der Waals surface area contributed by atoms with E-state index in [0.29, 0.717) is 0 Å². The molecule has 4 atom stereocenters. The largest absolute Gasteiger partial charge is 0.386 e. The molecule has 0 radical (unpaired) electrons. The molecule has 3 nitrogen and oxygen atoms in total. The van der Waals surface area contributed by atoms with Crippen LogP contribution in [0.2, 0.25) is 0 Å². The molecule has 3 rings (SSSR count). The summed E-state index contributed by atoms with van der Waals surface area (Å²) in [5.74, 6) is 0.182. The van der Waals surface area contributed by atoms with Crippen molar-refractivity contribution < 1.29 is 14.6 Å². The third-order valence-corrected chi connectivity index (χ3v) is 4.52. The Morgan fingerprint density at radius 2 is 1.90 bits per heavy atom. The van der Waals surface area contributed by atoms with Crippen molar-refractivity contribution in [1.82, 2.24) is 0 Å². The first-order valence-electron chi connectivity index (χ1n) is 7.22. The summed E-state index contributed by atoms with van der Waals surface area (Å²) >= 11 is 0. The lowest BCUT2D eigenvalue weighted by Gasteiger charge is -2.50. The van der Waals surface area contributed by atoms with Crippen LogP contribution in [-0.4, -0.2) is 22.9 Å². The van der Waals surface area contributed by atoms with Crippen LogP contribution in [0.1, 0.15) is 39.0 Å². The molecule has 0 bridgehead atoms. The fraction of sp³-hybridized carbons (Fsp3) is 0.529. The van der Waals surface area contributed by atoms with E-state index in [4.69, 9.17) is 9.47 Å². The molecule has 1 saturated heterocycles. The van der Waals surface area contributed by atoms with Crippen molar-refractivity contribution >= 4 is 0 Å². The number of ether oxygens (including phenoxy) is 2. The van der Waals surface area contributed by atoms with Crippen molar-refractivity contribution in [2.45, 2.75) is 51.3 Å². The zero-order valence-corrected chi connectivity index (χ0v) is 12.2. The first kappa shape index (κ1) is 13.8. The monoisotopic (exact) mass is 274 g/mol. The molecule has 1 aromatic rings. The number of aliphatic hydroxyl groups excluding tert-OH is 1. The van der Waals surface area contributed by atoms with Gasteiger partial charge in [0, 0.05) is 11.5 Å². The summed E-state index contributed by atoms with van der Waals surface area (Å²) in [5, 5.41) is 10.4. The Morgan fingerprint density at radius 3 is 2.60 bits per heavy atom. The number of rotatable bonds is 1. The maximum Gasteiger partial charge on any atom is 0.184 e. The number of allylic oxidation sites excluding steroid dienone is 1. The summed E-state index contributed by atoms with van der Waals surface area (Å²) < 4.78 is 12.2. The van der Waals surface area contributed by atoms with Gasteiger partial charge in [-0.05, 0) is 32.8 Å². The zero-order valence-electron chi connectivity index (χ0n) is 12.2. The summed E-state index contributed by atoms with van der Waals surface area (Å²) in [5.41, 5.74) is 1.68. The molecular weight excluding hydrogens is 252 g/mol. The number of aliphatic hydroxyl groups is 1. The molecule has 0 aromatic heterocycles. The van der Waals surface area contributed by atoms with Gasteiger partial charge in [0.05, 0.1) is 11.7 Å². The quantitative estimate of drug-likeness (QED) is 0.799. The van der Waals surface area contributed by atoms with E-state index in [0.717, 1.165) is 17.6 Å². The topological polar surface area (TPSA) is 38.7 Å². The SMILES string of the molecule is CC1=CCC2C(OC(c3ccccc3)OC2(C)C)C1O. The van der Waals surface area contributed by atoms with Crippen LogP contribution in [0.5, 0.6) is 0 Å². The third-order valence-electron chi connectivity index (χ3n) is 4.52. The first-order valence-corrected chi connectivity index (χ1v) is 7.22. The highest BCUT2D eigenvalue weighted by atomic mass is 16.7. The molecular formula is C17H22O3. The minimum absolute atomic E-state index is 0.182. The van der Waals surface area contributed by atoms with Gasteiger partial charge in [-0.3, -0.25) is 0 Å². The van der Waals surface area contributed by atoms with Crippen LogP contribution < -0.4 is 0 Å². The van der Waals surface area contributed by atoms with Gasteiger partial charge in [-0.1, -0.05) is 36.4 Å². The highest BCUT2D eigenvalue weighted by molar-refractivity contribution is 5.20. The van der Waals surface area contributed by atoms with E-state index >= 15 is 0 Å². The number of hydrogen-bond donors (Lipinski definition) is 1. The van der Waals surface area contributed by atoms with E-state index in [1.807, 2.05) is 37.3 Å². The summed E-state index contributed by atoms with van der Waals surface area (Å²) in [7, 11) is 0. The van der Waals surface area contributed by atoms with E-state index in [-0.39, 0.29) is 17.6 Å². The van der Waals surface area contributed by atoms with E-state index in [9.17, 15) is 5.11 Å². The summed E-state index contributed by atoms with van der Waals surface area (Å²) in [6.07, 6.45) is 1.84. The molecule has 4 unspecified atom stereocenters. The number of benzene rings is 1. The summed E-state index contributed by atoms with van der Waals surface area (Å²) in [6.45, 7) is 6.14. The van der Waals surface area contributed by atoms with Crippen molar-refractivity contribution in [3.8, 4) is 0 Å². The predicted molar refractivity (Wildman–Crippen MR) is 77.1 cm³/mol. The zero-order chi connectivity index (χ0) is 14.3. The standard InChI is InChI=1S/C17H22O3/c1-11-9-10-13-15(14(11)18)19-16(20-17(13,2)3)12-7-5-4-6-8-12/h4-9,13-16,18H,10H2,1-3H3. The van der Waals surface area contributed by atoms with Crippen LogP contribution in [0.4, 0.5) is 0 Å². The molecule has 20 heavy (non-hydrogen) atoms. The molecule has 108 valence electrons. The van der Waals surface area contributed by atoms with Gasteiger partial charge in [-0.25, -0.2) is 0 Å². The Labute approximate surface area is 120 Å². The van der Waals surface area contributed by atoms with Crippen molar-refractivity contribution in [2.24, 2.45) is 5.92 Å². The summed E-state index contributed by atoms with van der Waals surface area (Å²) in [6, 6.07) is 9.92. The second-order valence-electron chi connectivity index (χ2n) is 6.30. The highest BCUT2D eigenvalue weighted by Gasteiger charge is 2.49. The maximum absolute atomic E-state index is 10.4. The van der Waals surface area contributed by atoms with Crippen molar-refractivity contribution in [3.63, 3.8) is 0 Å². The van der Waals surface area contributed by atoms with Crippen LogP contribution in [-0.2, 0) is 9.47 Å². The van der Waals surface area contributed by atoms with E-state index in [2.05, 4.69) is 19.9 Å². The van der Waals surface area contributed by atoms with Crippen molar-refractivity contribution in [2.75, 3.05) is 0 Å². The second kappa shape index (κ2) is 4.99. The van der Waals surface area contributed by atoms with Gasteiger partial charge in [0.15, 0.2) is 6.29 Å². The molecule has 1 aliphatic carbocycles. The minimum Gasteiger partial charge on any atom is -0.386 e. The number of hydrogen-bond acceptors (Lipinski definition) is 3. The molecule has 1 fully saturated rings. The Morgan fingerprint density at radius 1 is 1.20 bits per heavy atom. The Kier molecular flexibility index (Phi) is 3.44. The van der Waals surface area contributed by atoms with Gasteiger partial charge in [0.1, 0.15) is 6.10 Å². The molecule has 2 aliphatic rings. The van der Waals surface area contributed by atoms with Gasteiger partial charge in [-0.2, -0.15) is 0 Å². The molecule has 0 spiro atoms. The number of fused-ring (bicyclic) bond motifs is 1. The van der Waals surface area contributed by atoms with E-state index < -0.39 is 12.4 Å². The van der Waals surface area contributed by atoms with Gasteiger partial charge in [-0.15, -0.1) is 0 Å². The Bertz CT molecular complexity index is 506. The van der Waals surface area contributed by atoms with Crippen LogP contribution in [0.3, 0.4) is 0 Å². The van der Waals surface area contributed by atoms with Gasteiger partial charge >= 0.3 is 0 Å². The predicted octanol–water partition coefficient (Wildman–Crippen LogP) is 3.21. The molecule has 1 aromatic carbocycles. The lowest BCUT2D eigenvalue weighted by atomic mass is 9.75. The molecule has 0 amide bonds. The Balaban J connectivity index is 1.91. The van der Waals surface area contributed by atoms with Gasteiger partial charge < -0.3 is 14.6 Å². The average Bonchev–Trinajstić information content (AvgIpc) is 2.43. The molecule has 3 heteroatoms. The van der Waals surface area contributed by atoms with Crippen LogP contribution in [0, 0.1) is 5.92 Å². The van der Waals surface area contributed by atoms with Gasteiger partial charge in [0.2, 0.25) is 0 Å². The first-order chi connectivity index (χ1) is 9.49. The second-order valence-corrected chi connectivity index (χ2v) is 6.30. The molecule has 1 heterocycles. The van der Waals surface area contributed by atoms with E-state index in [1.54, 1.807) is 0 Å². The molecule has 0 saturated carbocycles. The fourth-order valence-corrected chi connectivity index (χ4v) is 3.19. The molecule has 1 aliphatic heterocycles. The molecule has 1 N–H and O–H groups in total. The lowest BCUT2D eigenvalue weighted by molar-refractivity contribution is -0.318. The van der Waals surface area contributed by atoms with Gasteiger partial charge in [0.25, 0.3) is 0 Å². The van der Waals surface area contributed by atoms with Crippen LogP contribution in [0.15, 0.2) is 42.0 Å². The minimum atomic E-state index is -0.539. The fourth-order valence-electron chi connectivity index (χ4n) is 3.19. The lowest BCUT2D eigenvalue weighted by Crippen LogP contribution is -2.55. The highest BCUT2D eigenvalue weighted by Crippen LogP contribution is 2.45. The van der Waals surface area contributed by atoms with Crippen molar-refractivity contribution in [1.29, 1.82) is 0 Å². The van der Waals surface area contributed by atoms with Crippen LogP contribution in [0.25, 0.3) is 0 Å². The maximum atomic E-state index is 10.4. The van der Waals surface area contributed by atoms with Crippen molar-refractivity contribution in [3.05, 3.63) is 47.5 Å². The normalized spacial score (nSPS) is 36.1. The van der Waals surface area contributed by atoms with Crippen LogP contribution >= 0.6 is 0 Å². The van der Waals surface area contributed by atoms with E-state index in [1.165, 1.54) is 0 Å². The summed E-state index contributed by atoms with van der Waals surface area (Å²) in [4.78, 5) is 0. The Hall–Kier alpha value is -1.16.